The van der Waals surface area contributed by atoms with Gasteiger partial charge < -0.3 is 9.40 Å². The summed E-state index contributed by atoms with van der Waals surface area (Å²) < 4.78 is 1.88. The molecule has 2 aromatic rings. The molecule has 0 amide bonds. The number of imidazole rings is 1. The SMILES string of the molecule is CON=C(Cn1ccnc1)c1ccc(C#CC2CC2)c(Cl)c1Cl. The van der Waals surface area contributed by atoms with Crippen molar-refractivity contribution in [2.24, 2.45) is 11.1 Å². The van der Waals surface area contributed by atoms with Gasteiger partial charge in [-0.15, -0.1) is 0 Å². The molecule has 4 nitrogen and oxygen atoms in total. The molecular formula is C17H15Cl2N3O. The van der Waals surface area contributed by atoms with Crippen LogP contribution >= 0.6 is 23.2 Å². The largest absolute Gasteiger partial charge is 0.399 e. The van der Waals surface area contributed by atoms with Crippen molar-refractivity contribution in [3.63, 3.8) is 0 Å². The predicted octanol–water partition coefficient (Wildman–Crippen LogP) is 4.00. The molecule has 1 aliphatic rings. The van der Waals surface area contributed by atoms with E-state index in [0.717, 1.165) is 11.1 Å². The molecule has 6 heteroatoms. The number of aromatic nitrogens is 2. The van der Waals surface area contributed by atoms with Crippen molar-refractivity contribution in [1.82, 2.24) is 9.55 Å². The Morgan fingerprint density at radius 2 is 2.22 bits per heavy atom. The van der Waals surface area contributed by atoms with E-state index >= 15 is 0 Å². The van der Waals surface area contributed by atoms with Crippen molar-refractivity contribution in [2.45, 2.75) is 19.4 Å². The van der Waals surface area contributed by atoms with Crippen molar-refractivity contribution in [3.05, 3.63) is 52.0 Å². The molecule has 118 valence electrons. The molecule has 0 saturated heterocycles. The third-order valence-corrected chi connectivity index (χ3v) is 4.36. The summed E-state index contributed by atoms with van der Waals surface area (Å²) in [6.07, 6.45) is 7.60. The smallest absolute Gasteiger partial charge is 0.108 e. The second-order valence-corrected chi connectivity index (χ2v) is 6.04. The van der Waals surface area contributed by atoms with Gasteiger partial charge in [0.05, 0.1) is 22.9 Å². The molecule has 0 atom stereocenters. The Balaban J connectivity index is 1.92. The number of rotatable bonds is 4. The second kappa shape index (κ2) is 7.08. The van der Waals surface area contributed by atoms with Crippen LogP contribution in [0.3, 0.4) is 0 Å². The van der Waals surface area contributed by atoms with Gasteiger partial charge in [-0.3, -0.25) is 0 Å². The molecule has 0 bridgehead atoms. The summed E-state index contributed by atoms with van der Waals surface area (Å²) in [6, 6.07) is 3.75. The first-order valence-electron chi connectivity index (χ1n) is 7.24. The predicted molar refractivity (Wildman–Crippen MR) is 91.8 cm³/mol. The summed E-state index contributed by atoms with van der Waals surface area (Å²) in [4.78, 5) is 8.96. The Morgan fingerprint density at radius 3 is 2.87 bits per heavy atom. The minimum absolute atomic E-state index is 0.435. The summed E-state index contributed by atoms with van der Waals surface area (Å²) in [5.41, 5.74) is 2.13. The molecule has 0 aliphatic heterocycles. The maximum absolute atomic E-state index is 6.44. The van der Waals surface area contributed by atoms with Crippen molar-refractivity contribution < 1.29 is 4.84 Å². The molecular weight excluding hydrogens is 333 g/mol. The van der Waals surface area contributed by atoms with Crippen LogP contribution in [0, 0.1) is 17.8 Å². The summed E-state index contributed by atoms with van der Waals surface area (Å²) in [7, 11) is 1.50. The molecule has 1 aliphatic carbocycles. The van der Waals surface area contributed by atoms with E-state index in [4.69, 9.17) is 28.0 Å². The molecule has 1 saturated carbocycles. The molecule has 23 heavy (non-hydrogen) atoms. The Morgan fingerprint density at radius 1 is 1.39 bits per heavy atom. The van der Waals surface area contributed by atoms with E-state index < -0.39 is 0 Å². The molecule has 1 aromatic heterocycles. The second-order valence-electron chi connectivity index (χ2n) is 5.29. The summed E-state index contributed by atoms with van der Waals surface area (Å²) in [6.45, 7) is 0.483. The van der Waals surface area contributed by atoms with Crippen molar-refractivity contribution in [3.8, 4) is 11.8 Å². The highest BCUT2D eigenvalue weighted by Gasteiger charge is 2.19. The molecule has 0 unspecified atom stereocenters. The van der Waals surface area contributed by atoms with Crippen LogP contribution in [-0.4, -0.2) is 22.4 Å². The Hall–Kier alpha value is -1.96. The number of nitrogens with zero attached hydrogens (tertiary/aromatic N) is 3. The molecule has 1 heterocycles. The Labute approximate surface area is 145 Å². The lowest BCUT2D eigenvalue weighted by atomic mass is 10.1. The fourth-order valence-electron chi connectivity index (χ4n) is 2.10. The van der Waals surface area contributed by atoms with Crippen LogP contribution in [-0.2, 0) is 11.4 Å². The van der Waals surface area contributed by atoms with Crippen LogP contribution in [0.15, 0.2) is 36.0 Å². The van der Waals surface area contributed by atoms with Gasteiger partial charge in [-0.1, -0.05) is 46.3 Å². The maximum Gasteiger partial charge on any atom is 0.108 e. The minimum atomic E-state index is 0.435. The topological polar surface area (TPSA) is 39.4 Å². The van der Waals surface area contributed by atoms with Crippen LogP contribution in [0.4, 0.5) is 0 Å². The zero-order valence-electron chi connectivity index (χ0n) is 12.6. The first-order valence-corrected chi connectivity index (χ1v) is 8.00. The minimum Gasteiger partial charge on any atom is -0.399 e. The lowest BCUT2D eigenvalue weighted by Gasteiger charge is -2.11. The van der Waals surface area contributed by atoms with Gasteiger partial charge in [-0.25, -0.2) is 4.98 Å². The highest BCUT2D eigenvalue weighted by atomic mass is 35.5. The number of halogens is 2. The van der Waals surface area contributed by atoms with E-state index in [-0.39, 0.29) is 0 Å². The van der Waals surface area contributed by atoms with Crippen LogP contribution in [0.5, 0.6) is 0 Å². The van der Waals surface area contributed by atoms with Crippen LogP contribution < -0.4 is 0 Å². The Kier molecular flexibility index (Phi) is 4.90. The van der Waals surface area contributed by atoms with E-state index in [2.05, 4.69) is 22.0 Å². The summed E-state index contributed by atoms with van der Waals surface area (Å²) in [5.74, 6) is 6.81. The zero-order valence-corrected chi connectivity index (χ0v) is 14.1. The zero-order chi connectivity index (χ0) is 16.2. The lowest BCUT2D eigenvalue weighted by Crippen LogP contribution is -2.12. The van der Waals surface area contributed by atoms with Gasteiger partial charge >= 0.3 is 0 Å². The molecule has 0 N–H and O–H groups in total. The van der Waals surface area contributed by atoms with E-state index in [1.54, 1.807) is 12.5 Å². The fourth-order valence-corrected chi connectivity index (χ4v) is 2.59. The van der Waals surface area contributed by atoms with E-state index in [9.17, 15) is 0 Å². The van der Waals surface area contributed by atoms with Gasteiger partial charge in [0.2, 0.25) is 0 Å². The van der Waals surface area contributed by atoms with E-state index in [0.29, 0.717) is 28.2 Å². The molecule has 1 fully saturated rings. The molecule has 0 spiro atoms. The summed E-state index contributed by atoms with van der Waals surface area (Å²) in [5, 5.41) is 4.96. The first kappa shape index (κ1) is 15.9. The average molecular weight is 348 g/mol. The lowest BCUT2D eigenvalue weighted by molar-refractivity contribution is 0.212. The third kappa shape index (κ3) is 3.87. The number of hydrogen-bond acceptors (Lipinski definition) is 3. The highest BCUT2D eigenvalue weighted by Crippen LogP contribution is 2.31. The van der Waals surface area contributed by atoms with Crippen LogP contribution in [0.2, 0.25) is 10.0 Å². The van der Waals surface area contributed by atoms with Crippen LogP contribution in [0.1, 0.15) is 24.0 Å². The quantitative estimate of drug-likeness (QED) is 0.476. The Bertz CT molecular complexity index is 784. The molecule has 3 rings (SSSR count). The first-order chi connectivity index (χ1) is 11.2. The fraction of sp³-hybridized carbons (Fsp3) is 0.294. The summed E-state index contributed by atoms with van der Waals surface area (Å²) >= 11 is 12.8. The van der Waals surface area contributed by atoms with Gasteiger partial charge in [0, 0.05) is 29.4 Å². The standard InChI is InChI=1S/C17H15Cl2N3O/c1-23-21-15(10-22-9-8-20-11-22)14-7-6-13(16(18)17(14)19)5-4-12-2-3-12/h6-9,11-12H,2-3,10H2,1H3. The van der Waals surface area contributed by atoms with Crippen molar-refractivity contribution >= 4 is 28.9 Å². The van der Waals surface area contributed by atoms with Crippen molar-refractivity contribution in [1.29, 1.82) is 0 Å². The van der Waals surface area contributed by atoms with Gasteiger partial charge in [0.1, 0.15) is 12.8 Å². The third-order valence-electron chi connectivity index (χ3n) is 3.47. The van der Waals surface area contributed by atoms with Crippen molar-refractivity contribution in [2.75, 3.05) is 7.11 Å². The number of hydrogen-bond donors (Lipinski definition) is 0. The monoisotopic (exact) mass is 347 g/mol. The highest BCUT2D eigenvalue weighted by molar-refractivity contribution is 6.44. The van der Waals surface area contributed by atoms with E-state index in [1.807, 2.05) is 22.9 Å². The van der Waals surface area contributed by atoms with Gasteiger partial charge in [0.15, 0.2) is 0 Å². The number of benzene rings is 1. The van der Waals surface area contributed by atoms with Crippen LogP contribution in [0.25, 0.3) is 0 Å². The van der Waals surface area contributed by atoms with Gasteiger partial charge in [0.25, 0.3) is 0 Å². The molecule has 0 radical (unpaired) electrons. The van der Waals surface area contributed by atoms with Gasteiger partial charge in [-0.2, -0.15) is 0 Å². The normalized spacial score (nSPS) is 14.3. The van der Waals surface area contributed by atoms with E-state index in [1.165, 1.54) is 20.0 Å². The average Bonchev–Trinajstić information content (AvgIpc) is 3.23. The number of oxime groups is 1. The maximum atomic E-state index is 6.44. The molecule has 1 aromatic carbocycles. The van der Waals surface area contributed by atoms with Gasteiger partial charge in [-0.05, 0) is 18.9 Å².